The number of rotatable bonds is 7. The molecule has 3 heterocycles. The van der Waals surface area contributed by atoms with Gasteiger partial charge in [-0.1, -0.05) is 30.2 Å². The molecule has 11 heteroatoms. The number of amides is 1. The van der Waals surface area contributed by atoms with Crippen LogP contribution in [0.25, 0.3) is 22.0 Å². The molecule has 0 bridgehead atoms. The van der Waals surface area contributed by atoms with Crippen molar-refractivity contribution in [3.63, 3.8) is 0 Å². The van der Waals surface area contributed by atoms with Gasteiger partial charge in [0.05, 0.1) is 18.1 Å². The van der Waals surface area contributed by atoms with Crippen LogP contribution < -0.4 is 21.3 Å². The number of benzene rings is 2. The van der Waals surface area contributed by atoms with E-state index in [0.29, 0.717) is 24.0 Å². The van der Waals surface area contributed by atoms with Gasteiger partial charge < -0.3 is 25.5 Å². The number of aliphatic hydroxyl groups is 1. The highest BCUT2D eigenvalue weighted by Gasteiger charge is 2.30. The van der Waals surface area contributed by atoms with E-state index in [1.807, 2.05) is 39.9 Å². The lowest BCUT2D eigenvalue weighted by Gasteiger charge is -2.19. The summed E-state index contributed by atoms with van der Waals surface area (Å²) in [5, 5.41) is 20.1. The lowest BCUT2D eigenvalue weighted by Crippen LogP contribution is -2.32. The molecule has 10 nitrogen and oxygen atoms in total. The van der Waals surface area contributed by atoms with E-state index < -0.39 is 18.0 Å². The van der Waals surface area contributed by atoms with Gasteiger partial charge in [0.2, 0.25) is 0 Å². The number of ether oxygens (including phenoxy) is 1. The first-order valence-corrected chi connectivity index (χ1v) is 12.7. The number of hydrogen-bond acceptors (Lipinski definition) is 7. The van der Waals surface area contributed by atoms with E-state index in [9.17, 15) is 19.1 Å². The number of halogens is 1. The fraction of sp³-hybridized carbons (Fsp3) is 0.276. The van der Waals surface area contributed by atoms with Crippen LogP contribution in [0.2, 0.25) is 0 Å². The van der Waals surface area contributed by atoms with Gasteiger partial charge in [0.15, 0.2) is 12.0 Å². The number of nitrogens with zero attached hydrogens (tertiary/aromatic N) is 3. The lowest BCUT2D eigenvalue weighted by molar-refractivity contribution is 0.0667. The molecule has 206 valence electrons. The molecule has 5 rings (SSSR count). The van der Waals surface area contributed by atoms with Crippen LogP contribution in [-0.4, -0.2) is 57.1 Å². The minimum absolute atomic E-state index is 0.0678. The quantitative estimate of drug-likeness (QED) is 0.263. The summed E-state index contributed by atoms with van der Waals surface area (Å²) in [5.41, 5.74) is 8.81. The third kappa shape index (κ3) is 5.14. The van der Waals surface area contributed by atoms with Gasteiger partial charge in [0.25, 0.3) is 11.5 Å². The fourth-order valence-corrected chi connectivity index (χ4v) is 5.12. The summed E-state index contributed by atoms with van der Waals surface area (Å²) >= 11 is 0. The number of methoxy groups -OCH3 is 1. The summed E-state index contributed by atoms with van der Waals surface area (Å²) in [7, 11) is 1.42. The number of anilines is 1. The van der Waals surface area contributed by atoms with Crippen LogP contribution in [0.5, 0.6) is 5.75 Å². The molecule has 1 saturated heterocycles. The summed E-state index contributed by atoms with van der Waals surface area (Å²) in [5.74, 6) is 5.00. The molecular formula is C29H29FN6O4. The third-order valence-corrected chi connectivity index (χ3v) is 7.11. The van der Waals surface area contributed by atoms with Crippen LogP contribution in [0.4, 0.5) is 10.2 Å². The topological polar surface area (TPSA) is 138 Å². The zero-order valence-electron chi connectivity index (χ0n) is 22.1. The molecule has 1 aliphatic rings. The number of nitrogens with two attached hydrogens (primary N) is 1. The number of aliphatic hydroxyl groups excluding tert-OH is 1. The largest absolute Gasteiger partial charge is 0.496 e. The molecule has 4 aromatic rings. The SMILES string of the molecule is CC#CC(O)N1CC[C@@H](n2cc(-c3ccc(CNC(=O)c4cc(F)ccc4OC)cc3)c3c(N)n[nH]c(=O)c32)C1. The second kappa shape index (κ2) is 11.2. The van der Waals surface area contributed by atoms with Gasteiger partial charge in [-0.2, -0.15) is 5.10 Å². The van der Waals surface area contributed by atoms with E-state index in [2.05, 4.69) is 27.4 Å². The predicted octanol–water partition coefficient (Wildman–Crippen LogP) is 2.64. The standard InChI is InChI=1S/C29H29FN6O4/c1-3-4-24(37)35-12-11-20(15-35)36-16-22(25-26(36)29(39)34-33-27(25)31)18-7-5-17(6-8-18)14-32-28(38)21-13-19(30)9-10-23(21)40-2/h5-10,13,16,20,24,37H,11-12,14-15H2,1-2H3,(H2,31,33)(H,32,38)(H,34,39)/t20-,24?/m1/s1. The van der Waals surface area contributed by atoms with Crippen molar-refractivity contribution >= 4 is 22.6 Å². The summed E-state index contributed by atoms with van der Waals surface area (Å²) in [4.78, 5) is 27.4. The Hall–Kier alpha value is -4.66. The number of aromatic amines is 1. The number of carbonyl (C=O) groups is 1. The minimum atomic E-state index is -0.864. The van der Waals surface area contributed by atoms with Crippen molar-refractivity contribution in [3.05, 3.63) is 76.0 Å². The number of carbonyl (C=O) groups excluding carboxylic acids is 1. The van der Waals surface area contributed by atoms with E-state index in [1.165, 1.54) is 19.2 Å². The second-order valence-electron chi connectivity index (χ2n) is 9.54. The molecule has 40 heavy (non-hydrogen) atoms. The van der Waals surface area contributed by atoms with Gasteiger partial charge in [-0.3, -0.25) is 14.5 Å². The van der Waals surface area contributed by atoms with Gasteiger partial charge in [0.1, 0.15) is 17.1 Å². The van der Waals surface area contributed by atoms with Crippen molar-refractivity contribution < 1.29 is 19.0 Å². The Balaban J connectivity index is 1.40. The first-order valence-electron chi connectivity index (χ1n) is 12.7. The summed E-state index contributed by atoms with van der Waals surface area (Å²) < 4.78 is 20.8. The maximum absolute atomic E-state index is 13.7. The van der Waals surface area contributed by atoms with Crippen LogP contribution in [0, 0.1) is 17.7 Å². The Kier molecular flexibility index (Phi) is 7.55. The highest BCUT2D eigenvalue weighted by Crippen LogP contribution is 2.36. The number of aromatic nitrogens is 3. The Labute approximate surface area is 229 Å². The number of H-pyrrole nitrogens is 1. The van der Waals surface area contributed by atoms with E-state index in [1.54, 1.807) is 6.92 Å². The Bertz CT molecular complexity index is 1690. The average molecular weight is 545 g/mol. The summed E-state index contributed by atoms with van der Waals surface area (Å²) in [6.07, 6.45) is 1.76. The molecular weight excluding hydrogens is 515 g/mol. The number of fused-ring (bicyclic) bond motifs is 1. The van der Waals surface area contributed by atoms with Crippen molar-refractivity contribution in [1.29, 1.82) is 0 Å². The van der Waals surface area contributed by atoms with Crippen LogP contribution in [0.3, 0.4) is 0 Å². The number of nitrogens with one attached hydrogen (secondary N) is 2. The molecule has 0 saturated carbocycles. The molecule has 2 aromatic carbocycles. The number of hydrogen-bond donors (Lipinski definition) is 4. The van der Waals surface area contributed by atoms with Crippen molar-refractivity contribution in [2.24, 2.45) is 0 Å². The Morgan fingerprint density at radius 3 is 2.83 bits per heavy atom. The zero-order chi connectivity index (χ0) is 28.4. The summed E-state index contributed by atoms with van der Waals surface area (Å²) in [6, 6.07) is 11.2. The summed E-state index contributed by atoms with van der Waals surface area (Å²) in [6.45, 7) is 3.05. The Morgan fingerprint density at radius 2 is 2.10 bits per heavy atom. The molecule has 0 aliphatic carbocycles. The maximum atomic E-state index is 13.7. The zero-order valence-corrected chi connectivity index (χ0v) is 22.1. The fourth-order valence-electron chi connectivity index (χ4n) is 5.12. The van der Waals surface area contributed by atoms with E-state index >= 15 is 0 Å². The van der Waals surface area contributed by atoms with Crippen LogP contribution in [-0.2, 0) is 6.54 Å². The highest BCUT2D eigenvalue weighted by molar-refractivity contribution is 6.02. The third-order valence-electron chi connectivity index (χ3n) is 7.11. The van der Waals surface area contributed by atoms with E-state index in [4.69, 9.17) is 10.5 Å². The molecule has 1 unspecified atom stereocenters. The molecule has 1 aliphatic heterocycles. The van der Waals surface area contributed by atoms with Gasteiger partial charge >= 0.3 is 0 Å². The second-order valence-corrected chi connectivity index (χ2v) is 9.54. The van der Waals surface area contributed by atoms with Gasteiger partial charge in [-0.25, -0.2) is 9.49 Å². The molecule has 2 atom stereocenters. The molecule has 5 N–H and O–H groups in total. The molecule has 0 radical (unpaired) electrons. The number of nitrogen functional groups attached to an aromatic ring is 1. The first-order chi connectivity index (χ1) is 19.3. The van der Waals surface area contributed by atoms with Crippen LogP contribution in [0.1, 0.15) is 35.3 Å². The first kappa shape index (κ1) is 26.9. The van der Waals surface area contributed by atoms with Gasteiger partial charge in [-0.15, -0.1) is 5.92 Å². The normalized spacial score (nSPS) is 15.9. The predicted molar refractivity (Wildman–Crippen MR) is 149 cm³/mol. The Morgan fingerprint density at radius 1 is 1.32 bits per heavy atom. The minimum Gasteiger partial charge on any atom is -0.496 e. The monoisotopic (exact) mass is 544 g/mol. The van der Waals surface area contributed by atoms with Gasteiger partial charge in [0, 0.05) is 37.4 Å². The smallest absolute Gasteiger partial charge is 0.288 e. The van der Waals surface area contributed by atoms with Crippen molar-refractivity contribution in [2.75, 3.05) is 25.9 Å². The van der Waals surface area contributed by atoms with Crippen LogP contribution in [0.15, 0.2) is 53.5 Å². The molecule has 1 amide bonds. The molecule has 2 aromatic heterocycles. The maximum Gasteiger partial charge on any atom is 0.288 e. The lowest BCUT2D eigenvalue weighted by atomic mass is 10.0. The van der Waals surface area contributed by atoms with Crippen LogP contribution >= 0.6 is 0 Å². The van der Waals surface area contributed by atoms with Crippen molar-refractivity contribution in [2.45, 2.75) is 32.2 Å². The highest BCUT2D eigenvalue weighted by atomic mass is 19.1. The number of likely N-dealkylation sites (tertiary alicyclic amines) is 1. The van der Waals surface area contributed by atoms with Crippen molar-refractivity contribution in [3.8, 4) is 28.7 Å². The molecule has 1 fully saturated rings. The van der Waals surface area contributed by atoms with Crippen molar-refractivity contribution in [1.82, 2.24) is 25.0 Å². The molecule has 0 spiro atoms. The van der Waals surface area contributed by atoms with E-state index in [0.717, 1.165) is 29.2 Å². The van der Waals surface area contributed by atoms with Gasteiger partial charge in [-0.05, 0) is 42.7 Å². The average Bonchev–Trinajstić information content (AvgIpc) is 3.61. The van der Waals surface area contributed by atoms with E-state index in [-0.39, 0.29) is 35.3 Å².